The number of fused-ring (bicyclic) bond motifs is 3. The zero-order chi connectivity index (χ0) is 23.8. The molecule has 0 saturated carbocycles. The monoisotopic (exact) mass is 481 g/mol. The van der Waals surface area contributed by atoms with Crippen molar-refractivity contribution in [3.63, 3.8) is 0 Å². The van der Waals surface area contributed by atoms with Crippen LogP contribution in [0.3, 0.4) is 0 Å². The van der Waals surface area contributed by atoms with E-state index < -0.39 is 0 Å². The van der Waals surface area contributed by atoms with E-state index in [2.05, 4.69) is 13.8 Å². The minimum atomic E-state index is -0.292. The molecule has 0 aromatic carbocycles. The van der Waals surface area contributed by atoms with Crippen molar-refractivity contribution >= 4 is 29.2 Å². The number of aliphatic hydroxyl groups is 1. The van der Waals surface area contributed by atoms with Crippen molar-refractivity contribution in [1.29, 1.82) is 0 Å². The van der Waals surface area contributed by atoms with Gasteiger partial charge in [-0.2, -0.15) is 0 Å². The van der Waals surface area contributed by atoms with E-state index in [-0.39, 0.29) is 42.3 Å². The highest BCUT2D eigenvalue weighted by Crippen LogP contribution is 2.50. The fourth-order valence-electron chi connectivity index (χ4n) is 5.82. The highest BCUT2D eigenvalue weighted by atomic mass is 32.1. The molecule has 0 radical (unpaired) electrons. The molecule has 0 bridgehead atoms. The molecule has 2 aliphatic heterocycles. The van der Waals surface area contributed by atoms with Crippen LogP contribution >= 0.6 is 11.3 Å². The van der Waals surface area contributed by atoms with Gasteiger partial charge in [0.25, 0.3) is 0 Å². The van der Waals surface area contributed by atoms with E-state index in [9.17, 15) is 14.7 Å². The smallest absolute Gasteiger partial charge is 0.234 e. The second-order valence-corrected chi connectivity index (χ2v) is 10.5. The van der Waals surface area contributed by atoms with Gasteiger partial charge in [0.1, 0.15) is 18.1 Å². The van der Waals surface area contributed by atoms with Crippen LogP contribution in [0.2, 0.25) is 0 Å². The number of nitrogens with zero attached hydrogens (tertiary/aromatic N) is 1. The molecular formula is C27H31NO5S. The standard InChI is InChI=1S/C27H31NO5S/c1-3-17-12-21-25(27(31)28(26(21)30)13-20-5-4-10-34-20)22-15-32-23(24(17)22)9-6-16(2)11-18-7-8-19(14-29)33-18/h4-5,7-8,10-11,21-23,25,29H,3,6,9,12-15H2,1-2H3/b16-11+/t21-,22+,23-,25-/m1/s1. The maximum Gasteiger partial charge on any atom is 0.234 e. The Balaban J connectivity index is 1.31. The fourth-order valence-corrected chi connectivity index (χ4v) is 6.51. The molecule has 0 unspecified atom stereocenters. The highest BCUT2D eigenvalue weighted by molar-refractivity contribution is 7.09. The van der Waals surface area contributed by atoms with Crippen molar-refractivity contribution in [3.8, 4) is 0 Å². The first kappa shape index (κ1) is 23.3. The molecule has 0 spiro atoms. The lowest BCUT2D eigenvalue weighted by Gasteiger charge is -2.31. The van der Waals surface area contributed by atoms with Gasteiger partial charge in [0.15, 0.2) is 0 Å². The van der Waals surface area contributed by atoms with Crippen molar-refractivity contribution in [2.45, 2.75) is 58.8 Å². The minimum absolute atomic E-state index is 0.00459. The molecule has 2 aromatic rings. The zero-order valence-electron chi connectivity index (χ0n) is 19.7. The van der Waals surface area contributed by atoms with E-state index in [1.54, 1.807) is 17.4 Å². The van der Waals surface area contributed by atoms with E-state index in [0.717, 1.165) is 29.9 Å². The highest BCUT2D eigenvalue weighted by Gasteiger charge is 2.56. The van der Waals surface area contributed by atoms with Gasteiger partial charge in [-0.15, -0.1) is 11.3 Å². The van der Waals surface area contributed by atoms with Gasteiger partial charge in [0.05, 0.1) is 31.1 Å². The van der Waals surface area contributed by atoms with Crippen molar-refractivity contribution in [2.24, 2.45) is 17.8 Å². The fraction of sp³-hybridized carbons (Fsp3) is 0.481. The van der Waals surface area contributed by atoms with E-state index in [1.807, 2.05) is 29.7 Å². The van der Waals surface area contributed by atoms with E-state index in [0.29, 0.717) is 25.3 Å². The van der Waals surface area contributed by atoms with Gasteiger partial charge >= 0.3 is 0 Å². The number of aliphatic hydroxyl groups excluding tert-OH is 1. The van der Waals surface area contributed by atoms with Gasteiger partial charge in [0, 0.05) is 10.8 Å². The van der Waals surface area contributed by atoms with Gasteiger partial charge < -0.3 is 14.3 Å². The first-order valence-electron chi connectivity index (χ1n) is 12.1. The summed E-state index contributed by atoms with van der Waals surface area (Å²) in [4.78, 5) is 29.2. The number of thiophene rings is 1. The number of carbonyl (C=O) groups is 2. The van der Waals surface area contributed by atoms with Crippen LogP contribution in [-0.2, 0) is 27.5 Å². The minimum Gasteiger partial charge on any atom is -0.459 e. The van der Waals surface area contributed by atoms with Gasteiger partial charge in [-0.3, -0.25) is 14.5 Å². The first-order valence-corrected chi connectivity index (χ1v) is 13.0. The summed E-state index contributed by atoms with van der Waals surface area (Å²) in [6.45, 7) is 5.00. The molecule has 2 saturated heterocycles. The van der Waals surface area contributed by atoms with Crippen LogP contribution in [0, 0.1) is 17.8 Å². The Bertz CT molecular complexity index is 1130. The van der Waals surface area contributed by atoms with Crippen LogP contribution in [-0.4, -0.2) is 34.5 Å². The first-order chi connectivity index (χ1) is 16.5. The van der Waals surface area contributed by atoms with Gasteiger partial charge in [-0.1, -0.05) is 24.1 Å². The quantitative estimate of drug-likeness (QED) is 0.427. The molecule has 3 aliphatic rings. The molecule has 4 atom stereocenters. The van der Waals surface area contributed by atoms with E-state index >= 15 is 0 Å². The summed E-state index contributed by atoms with van der Waals surface area (Å²) >= 11 is 1.58. The number of hydrogen-bond donors (Lipinski definition) is 1. The molecule has 6 nitrogen and oxygen atoms in total. The summed E-state index contributed by atoms with van der Waals surface area (Å²) in [5.74, 6) is 0.709. The van der Waals surface area contributed by atoms with Crippen LogP contribution in [0.1, 0.15) is 55.9 Å². The molecule has 4 heterocycles. The molecule has 5 rings (SSSR count). The molecule has 34 heavy (non-hydrogen) atoms. The SMILES string of the molecule is CCC1=C2[C@@H](CC/C(C)=C/c3ccc(CO)o3)OC[C@@H]2[C@@H]2C(=O)N(Cc3cccs3)C(=O)[C@@H]2C1. The number of rotatable bonds is 8. The maximum absolute atomic E-state index is 13.4. The number of carbonyl (C=O) groups excluding carboxylic acids is 2. The summed E-state index contributed by atoms with van der Waals surface area (Å²) in [7, 11) is 0. The van der Waals surface area contributed by atoms with Crippen LogP contribution in [0.15, 0.2) is 50.8 Å². The second kappa shape index (κ2) is 9.64. The average Bonchev–Trinajstić information content (AvgIpc) is 3.63. The lowest BCUT2D eigenvalue weighted by Crippen LogP contribution is -2.34. The van der Waals surface area contributed by atoms with Crippen LogP contribution in [0.25, 0.3) is 6.08 Å². The lowest BCUT2D eigenvalue weighted by atomic mass is 9.69. The Kier molecular flexibility index (Phi) is 6.60. The lowest BCUT2D eigenvalue weighted by molar-refractivity contribution is -0.140. The average molecular weight is 482 g/mol. The van der Waals surface area contributed by atoms with Crippen molar-refractivity contribution in [2.75, 3.05) is 6.61 Å². The van der Waals surface area contributed by atoms with Gasteiger partial charge in [-0.25, -0.2) is 0 Å². The zero-order valence-corrected chi connectivity index (χ0v) is 20.5. The molecule has 1 N–H and O–H groups in total. The Morgan fingerprint density at radius 2 is 2.09 bits per heavy atom. The Morgan fingerprint density at radius 1 is 1.24 bits per heavy atom. The number of likely N-dealkylation sites (tertiary alicyclic amines) is 1. The third kappa shape index (κ3) is 4.21. The molecule has 2 aromatic heterocycles. The number of hydrogen-bond acceptors (Lipinski definition) is 6. The third-order valence-corrected chi connectivity index (χ3v) is 8.31. The molecule has 180 valence electrons. The number of allylic oxidation sites excluding steroid dienone is 2. The Morgan fingerprint density at radius 3 is 2.79 bits per heavy atom. The Labute approximate surface area is 203 Å². The second-order valence-electron chi connectivity index (χ2n) is 9.51. The van der Waals surface area contributed by atoms with Crippen LogP contribution in [0.5, 0.6) is 0 Å². The predicted molar refractivity (Wildman–Crippen MR) is 130 cm³/mol. The third-order valence-electron chi connectivity index (χ3n) is 7.45. The van der Waals surface area contributed by atoms with Crippen molar-refractivity contribution < 1.29 is 23.8 Å². The van der Waals surface area contributed by atoms with Gasteiger partial charge in [-0.05, 0) is 67.8 Å². The number of amides is 2. The predicted octanol–water partition coefficient (Wildman–Crippen LogP) is 4.94. The maximum atomic E-state index is 13.4. The summed E-state index contributed by atoms with van der Waals surface area (Å²) in [5.41, 5.74) is 3.75. The van der Waals surface area contributed by atoms with Gasteiger partial charge in [0.2, 0.25) is 11.8 Å². The summed E-state index contributed by atoms with van der Waals surface area (Å²) in [6, 6.07) is 7.57. The number of ether oxygens (including phenoxy) is 1. The van der Waals surface area contributed by atoms with E-state index in [4.69, 9.17) is 9.15 Å². The molecular weight excluding hydrogens is 450 g/mol. The molecule has 1 aliphatic carbocycles. The molecule has 2 fully saturated rings. The number of imide groups is 1. The number of furan rings is 1. The summed E-state index contributed by atoms with van der Waals surface area (Å²) in [5, 5.41) is 11.2. The van der Waals surface area contributed by atoms with Crippen LogP contribution in [0.4, 0.5) is 0 Å². The largest absolute Gasteiger partial charge is 0.459 e. The normalized spacial score (nSPS) is 27.0. The summed E-state index contributed by atoms with van der Waals surface area (Å²) in [6.07, 6.45) is 5.22. The molecule has 2 amide bonds. The topological polar surface area (TPSA) is 80.0 Å². The van der Waals surface area contributed by atoms with E-state index in [1.165, 1.54) is 21.6 Å². The Hall–Kier alpha value is -2.48. The van der Waals surface area contributed by atoms with Crippen molar-refractivity contribution in [3.05, 3.63) is 62.8 Å². The molecule has 7 heteroatoms. The summed E-state index contributed by atoms with van der Waals surface area (Å²) < 4.78 is 11.8. The van der Waals surface area contributed by atoms with Crippen molar-refractivity contribution in [1.82, 2.24) is 4.90 Å². The van der Waals surface area contributed by atoms with Crippen LogP contribution < -0.4 is 0 Å².